The Morgan fingerprint density at radius 1 is 1.09 bits per heavy atom. The maximum Gasteiger partial charge on any atom is 0.359 e. The Bertz CT molecular complexity index is 1110. The molecular formula is C24H39N5O14. The molecule has 0 bridgehead atoms. The number of hydrogen-bond acceptors (Lipinski definition) is 15. The third kappa shape index (κ3) is 7.81. The van der Waals surface area contributed by atoms with Gasteiger partial charge in [-0.1, -0.05) is 5.21 Å². The van der Waals surface area contributed by atoms with Crippen LogP contribution in [0.2, 0.25) is 0 Å². The summed E-state index contributed by atoms with van der Waals surface area (Å²) in [5.74, 6) is -2.80. The molecule has 0 spiro atoms. The van der Waals surface area contributed by atoms with Crippen LogP contribution in [0.1, 0.15) is 38.3 Å². The highest BCUT2D eigenvalue weighted by molar-refractivity contribution is 5.76. The van der Waals surface area contributed by atoms with Gasteiger partial charge in [-0.3, -0.25) is 9.59 Å². The zero-order chi connectivity index (χ0) is 32.1. The molecule has 11 atom stereocenters. The van der Waals surface area contributed by atoms with Crippen molar-refractivity contribution in [1.29, 1.82) is 0 Å². The second-order valence-corrected chi connectivity index (χ2v) is 10.6. The molecule has 43 heavy (non-hydrogen) atoms. The summed E-state index contributed by atoms with van der Waals surface area (Å²) < 4.78 is 11.8. The highest BCUT2D eigenvalue weighted by atomic mass is 16.6. The fraction of sp³-hybridized carbons (Fsp3) is 0.792. The number of carbonyl (C=O) groups is 3. The Morgan fingerprint density at radius 3 is 2.40 bits per heavy atom. The molecule has 2 fully saturated rings. The molecule has 11 N–H and O–H groups in total. The first-order chi connectivity index (χ1) is 20.2. The van der Waals surface area contributed by atoms with Gasteiger partial charge < -0.3 is 66.1 Å². The molecule has 2 saturated heterocycles. The average Bonchev–Trinajstić information content (AvgIpc) is 3.45. The largest absolute Gasteiger partial charge is 0.478 e. The molecule has 2 amide bonds. The van der Waals surface area contributed by atoms with Gasteiger partial charge in [-0.05, 0) is 19.3 Å². The summed E-state index contributed by atoms with van der Waals surface area (Å²) in [6.07, 6.45) is -12.9. The number of ether oxygens (including phenoxy) is 2. The standard InChI is InChI=1S/C24H39N5O14/c1-10(32)25-16-12(33)6-24(23(40)41,43-21(16)17(36)13(34)8-30)29-7-11(27-28-29)4-2-3-5-15(35)26-22-20(39)19(38)18(37)14(9-31)42-22/h7,12-14,16-22,30-31,33-34,36-39H,2-6,8-9H2,1H3,(H,25,32)(H,26,35)(H,40,41)/t12-,13+,14+,16+,17+,18-,19-,20+,21+,22+,24+/m0/s1. The van der Waals surface area contributed by atoms with Crippen molar-refractivity contribution in [2.45, 2.75) is 106 Å². The van der Waals surface area contributed by atoms with Crippen LogP contribution in [0.15, 0.2) is 6.20 Å². The fourth-order valence-corrected chi connectivity index (χ4v) is 5.01. The zero-order valence-corrected chi connectivity index (χ0v) is 23.2. The molecule has 19 nitrogen and oxygen atoms in total. The minimum Gasteiger partial charge on any atom is -0.478 e. The summed E-state index contributed by atoms with van der Waals surface area (Å²) in [6, 6.07) is -1.33. The Balaban J connectivity index is 1.63. The van der Waals surface area contributed by atoms with Crippen molar-refractivity contribution < 1.29 is 69.8 Å². The number of carbonyl (C=O) groups excluding carboxylic acids is 2. The summed E-state index contributed by atoms with van der Waals surface area (Å²) >= 11 is 0. The van der Waals surface area contributed by atoms with Crippen molar-refractivity contribution in [2.75, 3.05) is 13.2 Å². The van der Waals surface area contributed by atoms with Gasteiger partial charge in [-0.15, -0.1) is 5.10 Å². The number of aryl methyl sites for hydroxylation is 1. The molecule has 1 aromatic rings. The van der Waals surface area contributed by atoms with Gasteiger partial charge in [0.05, 0.1) is 37.3 Å². The summed E-state index contributed by atoms with van der Waals surface area (Å²) in [6.45, 7) is -0.439. The Labute approximate surface area is 244 Å². The predicted octanol–water partition coefficient (Wildman–Crippen LogP) is -5.99. The Morgan fingerprint density at radius 2 is 1.79 bits per heavy atom. The van der Waals surface area contributed by atoms with Gasteiger partial charge in [0.15, 0.2) is 6.23 Å². The first-order valence-corrected chi connectivity index (χ1v) is 13.6. The number of aliphatic carboxylic acids is 1. The van der Waals surface area contributed by atoms with E-state index < -0.39 is 104 Å². The van der Waals surface area contributed by atoms with Crippen molar-refractivity contribution >= 4 is 17.8 Å². The second-order valence-electron chi connectivity index (χ2n) is 10.6. The maximum absolute atomic E-state index is 12.4. The van der Waals surface area contributed by atoms with Crippen LogP contribution in [-0.2, 0) is 36.0 Å². The number of nitrogens with zero attached hydrogens (tertiary/aromatic N) is 3. The van der Waals surface area contributed by atoms with E-state index >= 15 is 0 Å². The number of carboxylic acid groups (broad SMARTS) is 1. The van der Waals surface area contributed by atoms with Gasteiger partial charge in [0, 0.05) is 19.8 Å². The number of nitrogens with one attached hydrogen (secondary N) is 2. The third-order valence-corrected chi connectivity index (χ3v) is 7.40. The molecule has 3 rings (SSSR count). The minimum absolute atomic E-state index is 0.0468. The molecule has 0 aromatic carbocycles. The van der Waals surface area contributed by atoms with Gasteiger partial charge in [0.25, 0.3) is 5.72 Å². The van der Waals surface area contributed by atoms with E-state index in [1.807, 2.05) is 0 Å². The van der Waals surface area contributed by atoms with E-state index in [4.69, 9.17) is 9.47 Å². The quantitative estimate of drug-likeness (QED) is 0.0913. The Kier molecular flexibility index (Phi) is 11.9. The lowest BCUT2D eigenvalue weighted by Gasteiger charge is -2.46. The van der Waals surface area contributed by atoms with Crippen LogP contribution >= 0.6 is 0 Å². The average molecular weight is 622 g/mol. The molecule has 0 radical (unpaired) electrons. The van der Waals surface area contributed by atoms with Crippen molar-refractivity contribution in [3.05, 3.63) is 11.9 Å². The monoisotopic (exact) mass is 621 g/mol. The minimum atomic E-state index is -2.41. The van der Waals surface area contributed by atoms with Crippen LogP contribution < -0.4 is 10.6 Å². The van der Waals surface area contributed by atoms with Crippen LogP contribution in [0.25, 0.3) is 0 Å². The highest BCUT2D eigenvalue weighted by Crippen LogP contribution is 2.36. The van der Waals surface area contributed by atoms with E-state index in [2.05, 4.69) is 20.9 Å². The van der Waals surface area contributed by atoms with Crippen molar-refractivity contribution in [2.24, 2.45) is 0 Å². The van der Waals surface area contributed by atoms with Gasteiger partial charge in [-0.25, -0.2) is 9.48 Å². The van der Waals surface area contributed by atoms with Crippen molar-refractivity contribution in [1.82, 2.24) is 25.6 Å². The smallest absolute Gasteiger partial charge is 0.359 e. The van der Waals surface area contributed by atoms with E-state index in [0.29, 0.717) is 12.8 Å². The van der Waals surface area contributed by atoms with Crippen LogP contribution in [0.5, 0.6) is 0 Å². The molecule has 2 aliphatic rings. The first kappa shape index (κ1) is 34.6. The topological polar surface area (TPSA) is 307 Å². The van der Waals surface area contributed by atoms with Gasteiger partial charge >= 0.3 is 5.97 Å². The van der Waals surface area contributed by atoms with Gasteiger partial charge in [0.2, 0.25) is 11.8 Å². The maximum atomic E-state index is 12.4. The number of amides is 2. The molecule has 1 aromatic heterocycles. The van der Waals surface area contributed by atoms with Crippen molar-refractivity contribution in [3.63, 3.8) is 0 Å². The summed E-state index contributed by atoms with van der Waals surface area (Å²) in [5.41, 5.74) is -2.13. The van der Waals surface area contributed by atoms with E-state index in [1.165, 1.54) is 6.20 Å². The van der Waals surface area contributed by atoms with Crippen LogP contribution in [0.4, 0.5) is 0 Å². The zero-order valence-electron chi connectivity index (χ0n) is 23.2. The number of rotatable bonds is 13. The summed E-state index contributed by atoms with van der Waals surface area (Å²) in [7, 11) is 0. The van der Waals surface area contributed by atoms with E-state index in [9.17, 15) is 60.3 Å². The van der Waals surface area contributed by atoms with Crippen LogP contribution in [-0.4, -0.2) is 153 Å². The lowest BCUT2D eigenvalue weighted by atomic mass is 9.87. The lowest BCUT2D eigenvalue weighted by molar-refractivity contribution is -0.258. The van der Waals surface area contributed by atoms with Crippen LogP contribution in [0.3, 0.4) is 0 Å². The lowest BCUT2D eigenvalue weighted by Crippen LogP contribution is -2.67. The number of aliphatic hydroxyl groups excluding tert-OH is 8. The molecule has 0 aliphatic carbocycles. The fourth-order valence-electron chi connectivity index (χ4n) is 5.01. The molecule has 0 unspecified atom stereocenters. The van der Waals surface area contributed by atoms with Gasteiger partial charge in [-0.2, -0.15) is 0 Å². The molecule has 2 aliphatic heterocycles. The predicted molar refractivity (Wildman–Crippen MR) is 137 cm³/mol. The van der Waals surface area contributed by atoms with E-state index in [0.717, 1.165) is 11.6 Å². The number of carboxylic acids is 1. The van der Waals surface area contributed by atoms with E-state index in [1.54, 1.807) is 0 Å². The van der Waals surface area contributed by atoms with Crippen LogP contribution in [0, 0.1) is 0 Å². The number of aromatic nitrogens is 3. The second kappa shape index (κ2) is 14.8. The molecule has 244 valence electrons. The SMILES string of the molecule is CC(=O)N[C@H]1[C@H]([C@H](O)[C@H](O)CO)O[C@](C(=O)O)(n2cc(CCCCC(=O)N[C@@H]3O[C@H](CO)[C@H](O)[C@H](O)[C@H]3O)nn2)C[C@@H]1O. The number of aliphatic hydroxyl groups is 8. The van der Waals surface area contributed by atoms with E-state index in [-0.39, 0.29) is 18.5 Å². The summed E-state index contributed by atoms with van der Waals surface area (Å²) in [5, 5.41) is 102. The van der Waals surface area contributed by atoms with Gasteiger partial charge in [0.1, 0.15) is 42.7 Å². The molecule has 19 heteroatoms. The summed E-state index contributed by atoms with van der Waals surface area (Å²) in [4.78, 5) is 36.5. The normalized spacial score (nSPS) is 34.3. The molecular weight excluding hydrogens is 582 g/mol. The van der Waals surface area contributed by atoms with Crippen molar-refractivity contribution in [3.8, 4) is 0 Å². The third-order valence-electron chi connectivity index (χ3n) is 7.40. The first-order valence-electron chi connectivity index (χ1n) is 13.6. The Hall–Kier alpha value is -2.85. The number of hydrogen-bond donors (Lipinski definition) is 11. The molecule has 0 saturated carbocycles. The molecule has 3 heterocycles. The highest BCUT2D eigenvalue weighted by Gasteiger charge is 2.56. The number of unbranched alkanes of at least 4 members (excludes halogenated alkanes) is 1.